The highest BCUT2D eigenvalue weighted by molar-refractivity contribution is 5.85. The fraction of sp³-hybridized carbons (Fsp3) is 0.875. The van der Waals surface area contributed by atoms with E-state index >= 15 is 0 Å². The maximum Gasteiger partial charge on any atom is 0.302 e. The van der Waals surface area contributed by atoms with Gasteiger partial charge in [0.25, 0.3) is 0 Å². The number of fused-ring (bicyclic) bond motifs is 5. The summed E-state index contributed by atoms with van der Waals surface area (Å²) in [5, 5.41) is 11.9. The lowest BCUT2D eigenvalue weighted by Gasteiger charge is -2.69. The van der Waals surface area contributed by atoms with Crippen LogP contribution in [-0.2, 0) is 19.1 Å². The minimum absolute atomic E-state index is 0.0000676. The molecule has 0 spiro atoms. The van der Waals surface area contributed by atoms with E-state index in [4.69, 9.17) is 9.47 Å². The number of Topliss-reactive ketones (excluding diaryl/α,β-unsaturated/α-hetero) is 1. The van der Waals surface area contributed by atoms with Crippen molar-refractivity contribution in [2.24, 2.45) is 39.4 Å². The third kappa shape index (κ3) is 3.84. The number of rotatable bonds is 5. The summed E-state index contributed by atoms with van der Waals surface area (Å²) in [6, 6.07) is 0. The highest BCUT2D eigenvalue weighted by Crippen LogP contribution is 2.74. The molecule has 0 amide bonds. The maximum atomic E-state index is 12.9. The number of esters is 1. The number of epoxide rings is 1. The van der Waals surface area contributed by atoms with Crippen LogP contribution in [0.25, 0.3) is 0 Å². The Morgan fingerprint density at radius 2 is 1.73 bits per heavy atom. The Morgan fingerprint density at radius 1 is 1.08 bits per heavy atom. The smallest absolute Gasteiger partial charge is 0.302 e. The van der Waals surface area contributed by atoms with E-state index in [0.29, 0.717) is 18.1 Å². The Labute approximate surface area is 224 Å². The molecule has 5 nitrogen and oxygen atoms in total. The zero-order valence-corrected chi connectivity index (χ0v) is 24.7. The predicted molar refractivity (Wildman–Crippen MR) is 144 cm³/mol. The molecule has 3 saturated carbocycles. The van der Waals surface area contributed by atoms with Crippen molar-refractivity contribution in [1.82, 2.24) is 0 Å². The van der Waals surface area contributed by atoms with Gasteiger partial charge in [-0.05, 0) is 92.8 Å². The highest BCUT2D eigenvalue weighted by Gasteiger charge is 2.69. The second-order valence-corrected chi connectivity index (χ2v) is 15.2. The number of aliphatic hydroxyl groups is 1. The van der Waals surface area contributed by atoms with Crippen molar-refractivity contribution in [2.45, 2.75) is 138 Å². The maximum absolute atomic E-state index is 12.9. The lowest BCUT2D eigenvalue weighted by atomic mass is 9.36. The predicted octanol–water partition coefficient (Wildman–Crippen LogP) is 6.41. The van der Waals surface area contributed by atoms with Crippen LogP contribution in [0, 0.1) is 39.4 Å². The first-order chi connectivity index (χ1) is 17.0. The van der Waals surface area contributed by atoms with Crippen LogP contribution in [0.3, 0.4) is 0 Å². The summed E-state index contributed by atoms with van der Waals surface area (Å²) in [6.45, 7) is 19.5. The Balaban J connectivity index is 1.46. The second-order valence-electron chi connectivity index (χ2n) is 15.2. The summed E-state index contributed by atoms with van der Waals surface area (Å²) in [5.74, 6) is 0.947. The van der Waals surface area contributed by atoms with Gasteiger partial charge in [0, 0.05) is 18.8 Å². The van der Waals surface area contributed by atoms with Gasteiger partial charge in [0.1, 0.15) is 18.0 Å². The molecule has 0 aromatic heterocycles. The van der Waals surface area contributed by atoms with Crippen LogP contribution >= 0.6 is 0 Å². The summed E-state index contributed by atoms with van der Waals surface area (Å²) in [7, 11) is 0. The van der Waals surface area contributed by atoms with Gasteiger partial charge in [-0.2, -0.15) is 0 Å². The first-order valence-corrected chi connectivity index (χ1v) is 14.8. The molecule has 5 heteroatoms. The van der Waals surface area contributed by atoms with Crippen LogP contribution in [0.1, 0.15) is 114 Å². The molecule has 1 saturated heterocycles. The van der Waals surface area contributed by atoms with Crippen LogP contribution in [0.15, 0.2) is 11.1 Å². The van der Waals surface area contributed by atoms with Gasteiger partial charge in [-0.25, -0.2) is 0 Å². The van der Waals surface area contributed by atoms with Gasteiger partial charge in [-0.1, -0.05) is 52.7 Å². The Morgan fingerprint density at radius 3 is 2.32 bits per heavy atom. The summed E-state index contributed by atoms with van der Waals surface area (Å²) in [5.41, 5.74) is 2.41. The molecular weight excluding hydrogens is 464 g/mol. The zero-order valence-electron chi connectivity index (χ0n) is 24.7. The topological polar surface area (TPSA) is 76.1 Å². The van der Waals surface area contributed by atoms with E-state index in [1.165, 1.54) is 18.1 Å². The molecule has 9 atom stereocenters. The molecule has 0 bridgehead atoms. The Hall–Kier alpha value is -1.20. The van der Waals surface area contributed by atoms with Gasteiger partial charge in [-0.15, -0.1) is 0 Å². The molecule has 208 valence electrons. The van der Waals surface area contributed by atoms with E-state index in [1.807, 2.05) is 0 Å². The average molecular weight is 515 g/mol. The third-order valence-corrected chi connectivity index (χ3v) is 12.5. The van der Waals surface area contributed by atoms with E-state index < -0.39 is 0 Å². The van der Waals surface area contributed by atoms with Gasteiger partial charge in [-0.3, -0.25) is 9.59 Å². The standard InChI is InChI=1S/C32H50O5/c1-18(16-23(36-19(2)33)27-29(5,6)37-27)20-10-14-31(8)21(20)17-22(34)26-30(7)13-12-25(35)28(3,4)24(30)11-15-32(26,31)9/h18,22-24,26-27,34H,10-17H2,1-9H3/t18-,22?,23+,24?,26?,27-,30+,31+,32+/m1/s1. The van der Waals surface area contributed by atoms with Crippen molar-refractivity contribution in [2.75, 3.05) is 0 Å². The number of carbonyl (C=O) groups excluding carboxylic acids is 2. The van der Waals surface area contributed by atoms with Crippen molar-refractivity contribution >= 4 is 11.8 Å². The molecule has 0 aromatic rings. The van der Waals surface area contributed by atoms with Crippen molar-refractivity contribution < 1.29 is 24.2 Å². The van der Waals surface area contributed by atoms with Crippen LogP contribution < -0.4 is 0 Å². The molecule has 1 heterocycles. The number of ketones is 1. The molecule has 1 N–H and O–H groups in total. The molecule has 5 aliphatic rings. The van der Waals surface area contributed by atoms with Gasteiger partial charge in [0.05, 0.1) is 11.7 Å². The number of hydrogen-bond donors (Lipinski definition) is 1. The summed E-state index contributed by atoms with van der Waals surface area (Å²) in [4.78, 5) is 24.8. The van der Waals surface area contributed by atoms with Crippen LogP contribution in [0.5, 0.6) is 0 Å². The van der Waals surface area contributed by atoms with Gasteiger partial charge >= 0.3 is 5.97 Å². The van der Waals surface area contributed by atoms with Crippen molar-refractivity contribution in [3.63, 3.8) is 0 Å². The Bertz CT molecular complexity index is 1020. The van der Waals surface area contributed by atoms with E-state index in [9.17, 15) is 14.7 Å². The molecule has 4 fully saturated rings. The lowest BCUT2D eigenvalue weighted by Crippen LogP contribution is -2.65. The summed E-state index contributed by atoms with van der Waals surface area (Å²) in [6.07, 6.45) is 6.64. The molecule has 3 unspecified atom stereocenters. The molecule has 1 aliphatic heterocycles. The van der Waals surface area contributed by atoms with Gasteiger partial charge in [0.2, 0.25) is 0 Å². The Kier molecular flexibility index (Phi) is 6.21. The molecule has 37 heavy (non-hydrogen) atoms. The summed E-state index contributed by atoms with van der Waals surface area (Å²) >= 11 is 0. The summed E-state index contributed by atoms with van der Waals surface area (Å²) < 4.78 is 11.7. The molecule has 5 rings (SSSR count). The van der Waals surface area contributed by atoms with Crippen LogP contribution in [0.4, 0.5) is 0 Å². The fourth-order valence-electron chi connectivity index (χ4n) is 10.4. The number of carbonyl (C=O) groups is 2. The molecule has 0 aromatic carbocycles. The van der Waals surface area contributed by atoms with Crippen molar-refractivity contribution in [1.29, 1.82) is 0 Å². The number of allylic oxidation sites excluding steroid dienone is 1. The first kappa shape index (κ1) is 27.4. The van der Waals surface area contributed by atoms with Crippen molar-refractivity contribution in [3.8, 4) is 0 Å². The van der Waals surface area contributed by atoms with Gasteiger partial charge < -0.3 is 14.6 Å². The largest absolute Gasteiger partial charge is 0.460 e. The number of aliphatic hydroxyl groups excluding tert-OH is 1. The van der Waals surface area contributed by atoms with E-state index in [0.717, 1.165) is 44.9 Å². The molecule has 4 aliphatic carbocycles. The fourth-order valence-corrected chi connectivity index (χ4v) is 10.4. The first-order valence-electron chi connectivity index (χ1n) is 14.8. The van der Waals surface area contributed by atoms with Gasteiger partial charge in [0.15, 0.2) is 0 Å². The minimum atomic E-state index is -0.389. The monoisotopic (exact) mass is 514 g/mol. The molecular formula is C32H50O5. The quantitative estimate of drug-likeness (QED) is 0.261. The number of ether oxygens (including phenoxy) is 2. The highest BCUT2D eigenvalue weighted by atomic mass is 16.6. The number of hydrogen-bond acceptors (Lipinski definition) is 5. The second kappa shape index (κ2) is 8.40. The van der Waals surface area contributed by atoms with E-state index in [1.54, 1.807) is 0 Å². The SMILES string of the molecule is CC(=O)O[C@@H](C[C@@H](C)C1=C2CC(O)C3[C@@]4(C)CCC(=O)C(C)(C)C4CC[C@]3(C)[C@@]2(C)CC1)[C@H]1OC1(C)C. The van der Waals surface area contributed by atoms with E-state index in [2.05, 4.69) is 55.4 Å². The minimum Gasteiger partial charge on any atom is -0.460 e. The lowest BCUT2D eigenvalue weighted by molar-refractivity contribution is -0.208. The van der Waals surface area contributed by atoms with Crippen molar-refractivity contribution in [3.05, 3.63) is 11.1 Å². The zero-order chi connectivity index (χ0) is 27.3. The van der Waals surface area contributed by atoms with E-state index in [-0.39, 0.29) is 63.4 Å². The molecule has 0 radical (unpaired) electrons. The average Bonchev–Trinajstić information content (AvgIpc) is 3.27. The van der Waals surface area contributed by atoms with Crippen LogP contribution in [-0.4, -0.2) is 40.8 Å². The third-order valence-electron chi connectivity index (χ3n) is 12.5. The normalized spacial score (nSPS) is 45.4. The van der Waals surface area contributed by atoms with Crippen LogP contribution in [0.2, 0.25) is 0 Å².